The second kappa shape index (κ2) is 8.69. The third-order valence-electron chi connectivity index (χ3n) is 4.81. The number of para-hydroxylation sites is 1. The number of anilines is 1. The van der Waals surface area contributed by atoms with Gasteiger partial charge in [-0.25, -0.2) is 0 Å². The van der Waals surface area contributed by atoms with E-state index in [0.29, 0.717) is 18.8 Å². The van der Waals surface area contributed by atoms with Crippen molar-refractivity contribution in [3.05, 3.63) is 65.2 Å². The van der Waals surface area contributed by atoms with Gasteiger partial charge >= 0.3 is 5.97 Å². The van der Waals surface area contributed by atoms with E-state index < -0.39 is 17.8 Å². The number of nitrogens with zero attached hydrogens (tertiary/aromatic N) is 1. The number of carbonyl (C=O) groups excluding carboxylic acids is 3. The van der Waals surface area contributed by atoms with Crippen LogP contribution in [0.4, 0.5) is 5.69 Å². The lowest BCUT2D eigenvalue weighted by Gasteiger charge is -2.16. The average Bonchev–Trinajstić information content (AvgIpc) is 3.04. The van der Waals surface area contributed by atoms with Crippen molar-refractivity contribution in [3.8, 4) is 0 Å². The van der Waals surface area contributed by atoms with Crippen molar-refractivity contribution in [2.24, 2.45) is 5.92 Å². The summed E-state index contributed by atoms with van der Waals surface area (Å²) in [6, 6.07) is 15.3. The number of rotatable bonds is 6. The molecule has 2 aromatic carbocycles. The highest BCUT2D eigenvalue weighted by molar-refractivity contribution is 5.94. The Morgan fingerprint density at radius 3 is 2.54 bits per heavy atom. The van der Waals surface area contributed by atoms with E-state index in [1.54, 1.807) is 11.0 Å². The molecule has 0 unspecified atom stereocenters. The van der Waals surface area contributed by atoms with Crippen LogP contribution in [0.2, 0.25) is 0 Å². The highest BCUT2D eigenvalue weighted by Gasteiger charge is 2.35. The number of ether oxygens (including phenoxy) is 1. The lowest BCUT2D eigenvalue weighted by Crippen LogP contribution is -2.28. The molecule has 0 aliphatic carbocycles. The van der Waals surface area contributed by atoms with Crippen molar-refractivity contribution in [1.82, 2.24) is 4.90 Å². The third kappa shape index (κ3) is 4.97. The SMILES string of the molecule is Cc1ccc(CN2C[C@@H](C(=O)OCC(=O)Nc3ccccc3C)CC2=O)cc1. The number of hydrogen-bond donors (Lipinski definition) is 1. The smallest absolute Gasteiger partial charge is 0.311 e. The topological polar surface area (TPSA) is 75.7 Å². The molecule has 2 aromatic rings. The highest BCUT2D eigenvalue weighted by atomic mass is 16.5. The van der Waals surface area contributed by atoms with Crippen molar-refractivity contribution < 1.29 is 19.1 Å². The van der Waals surface area contributed by atoms with Gasteiger partial charge in [0, 0.05) is 25.2 Å². The first-order valence-electron chi connectivity index (χ1n) is 9.28. The minimum atomic E-state index is -0.538. The summed E-state index contributed by atoms with van der Waals surface area (Å²) in [5, 5.41) is 2.72. The Balaban J connectivity index is 1.48. The second-order valence-electron chi connectivity index (χ2n) is 7.13. The Bertz CT molecular complexity index is 876. The highest BCUT2D eigenvalue weighted by Crippen LogP contribution is 2.21. The number of amides is 2. The summed E-state index contributed by atoms with van der Waals surface area (Å²) in [5.41, 5.74) is 3.78. The van der Waals surface area contributed by atoms with Crippen LogP contribution >= 0.6 is 0 Å². The molecule has 1 heterocycles. The molecule has 2 amide bonds. The summed E-state index contributed by atoms with van der Waals surface area (Å²) in [4.78, 5) is 38.2. The van der Waals surface area contributed by atoms with Gasteiger partial charge in [-0.3, -0.25) is 14.4 Å². The first kappa shape index (κ1) is 19.6. The van der Waals surface area contributed by atoms with Gasteiger partial charge in [0.05, 0.1) is 5.92 Å². The number of nitrogens with one attached hydrogen (secondary N) is 1. The van der Waals surface area contributed by atoms with E-state index in [9.17, 15) is 14.4 Å². The van der Waals surface area contributed by atoms with Crippen LogP contribution in [-0.4, -0.2) is 35.8 Å². The Kier molecular flexibility index (Phi) is 6.09. The molecule has 3 rings (SSSR count). The van der Waals surface area contributed by atoms with Gasteiger partial charge in [0.2, 0.25) is 5.91 Å². The van der Waals surface area contributed by atoms with Crippen LogP contribution in [-0.2, 0) is 25.7 Å². The lowest BCUT2D eigenvalue weighted by atomic mass is 10.1. The predicted molar refractivity (Wildman–Crippen MR) is 105 cm³/mol. The van der Waals surface area contributed by atoms with E-state index in [0.717, 1.165) is 16.7 Å². The number of hydrogen-bond acceptors (Lipinski definition) is 4. The van der Waals surface area contributed by atoms with Gasteiger partial charge in [-0.1, -0.05) is 48.0 Å². The second-order valence-corrected chi connectivity index (χ2v) is 7.13. The number of benzene rings is 2. The Labute approximate surface area is 164 Å². The van der Waals surface area contributed by atoms with Crippen molar-refractivity contribution in [3.63, 3.8) is 0 Å². The molecule has 1 fully saturated rings. The normalized spacial score (nSPS) is 16.1. The van der Waals surface area contributed by atoms with E-state index in [1.807, 2.05) is 56.3 Å². The van der Waals surface area contributed by atoms with Crippen molar-refractivity contribution in [2.45, 2.75) is 26.8 Å². The molecule has 146 valence electrons. The molecule has 6 heteroatoms. The first-order chi connectivity index (χ1) is 13.4. The molecule has 1 saturated heterocycles. The van der Waals surface area contributed by atoms with Crippen LogP contribution in [0.1, 0.15) is 23.1 Å². The Morgan fingerprint density at radius 2 is 1.82 bits per heavy atom. The van der Waals surface area contributed by atoms with Crippen molar-refractivity contribution in [1.29, 1.82) is 0 Å². The van der Waals surface area contributed by atoms with Crippen LogP contribution < -0.4 is 5.32 Å². The van der Waals surface area contributed by atoms with Crippen molar-refractivity contribution in [2.75, 3.05) is 18.5 Å². The molecule has 0 radical (unpaired) electrons. The number of aryl methyl sites for hydroxylation is 2. The molecular formula is C22H24N2O4. The predicted octanol–water partition coefficient (Wildman–Crippen LogP) is 2.83. The standard InChI is InChI=1S/C22H24N2O4/c1-15-7-9-17(10-8-15)12-24-13-18(11-21(24)26)22(27)28-14-20(25)23-19-6-4-3-5-16(19)2/h3-10,18H,11-14H2,1-2H3,(H,23,25)/t18-/m0/s1. The zero-order valence-electron chi connectivity index (χ0n) is 16.1. The maximum absolute atomic E-state index is 12.3. The molecule has 0 saturated carbocycles. The van der Waals surface area contributed by atoms with Crippen LogP contribution in [0.5, 0.6) is 0 Å². The van der Waals surface area contributed by atoms with Crippen LogP contribution in [0.25, 0.3) is 0 Å². The molecule has 1 aliphatic heterocycles. The summed E-state index contributed by atoms with van der Waals surface area (Å²) in [6.45, 7) is 4.30. The van der Waals surface area contributed by atoms with Crippen LogP contribution in [0.15, 0.2) is 48.5 Å². The molecule has 28 heavy (non-hydrogen) atoms. The fourth-order valence-corrected chi connectivity index (χ4v) is 3.15. The largest absolute Gasteiger partial charge is 0.455 e. The van der Waals surface area contributed by atoms with E-state index in [4.69, 9.17) is 4.74 Å². The summed E-state index contributed by atoms with van der Waals surface area (Å²) in [6.07, 6.45) is 0.115. The molecular weight excluding hydrogens is 356 g/mol. The lowest BCUT2D eigenvalue weighted by molar-refractivity contribution is -0.151. The van der Waals surface area contributed by atoms with Gasteiger partial charge in [-0.05, 0) is 31.0 Å². The quantitative estimate of drug-likeness (QED) is 0.782. The molecule has 1 N–H and O–H groups in total. The molecule has 0 bridgehead atoms. The molecule has 0 aromatic heterocycles. The minimum absolute atomic E-state index is 0.0770. The fraction of sp³-hybridized carbons (Fsp3) is 0.318. The summed E-state index contributed by atoms with van der Waals surface area (Å²) in [5.74, 6) is -1.53. The number of likely N-dealkylation sites (tertiary alicyclic amines) is 1. The summed E-state index contributed by atoms with van der Waals surface area (Å²) < 4.78 is 5.13. The van der Waals surface area contributed by atoms with Crippen LogP contribution in [0, 0.1) is 19.8 Å². The zero-order valence-corrected chi connectivity index (χ0v) is 16.1. The van der Waals surface area contributed by atoms with Crippen molar-refractivity contribution >= 4 is 23.5 Å². The maximum Gasteiger partial charge on any atom is 0.311 e. The summed E-state index contributed by atoms with van der Waals surface area (Å²) >= 11 is 0. The van der Waals surface area contributed by atoms with Gasteiger partial charge < -0.3 is 15.0 Å². The van der Waals surface area contributed by atoms with Gasteiger partial charge in [-0.15, -0.1) is 0 Å². The third-order valence-corrected chi connectivity index (χ3v) is 4.81. The maximum atomic E-state index is 12.3. The van der Waals surface area contributed by atoms with Gasteiger partial charge in [-0.2, -0.15) is 0 Å². The van der Waals surface area contributed by atoms with E-state index in [2.05, 4.69) is 5.32 Å². The summed E-state index contributed by atoms with van der Waals surface area (Å²) in [7, 11) is 0. The average molecular weight is 380 g/mol. The molecule has 0 spiro atoms. The van der Waals surface area contributed by atoms with Gasteiger partial charge in [0.1, 0.15) is 0 Å². The zero-order chi connectivity index (χ0) is 20.1. The molecule has 1 aliphatic rings. The van der Waals surface area contributed by atoms with E-state index >= 15 is 0 Å². The van der Waals surface area contributed by atoms with Gasteiger partial charge in [0.15, 0.2) is 6.61 Å². The van der Waals surface area contributed by atoms with E-state index in [-0.39, 0.29) is 18.9 Å². The minimum Gasteiger partial charge on any atom is -0.455 e. The fourth-order valence-electron chi connectivity index (χ4n) is 3.15. The number of carbonyl (C=O) groups is 3. The van der Waals surface area contributed by atoms with E-state index in [1.165, 1.54) is 0 Å². The Hall–Kier alpha value is -3.15. The monoisotopic (exact) mass is 380 g/mol. The number of esters is 1. The first-order valence-corrected chi connectivity index (χ1v) is 9.28. The van der Waals surface area contributed by atoms with Crippen LogP contribution in [0.3, 0.4) is 0 Å². The Morgan fingerprint density at radius 1 is 1.11 bits per heavy atom. The molecule has 6 nitrogen and oxygen atoms in total. The molecule has 1 atom stereocenters. The van der Waals surface area contributed by atoms with Gasteiger partial charge in [0.25, 0.3) is 5.91 Å².